The first-order chi connectivity index (χ1) is 19.2. The Bertz CT molecular complexity index is 1510. The van der Waals surface area contributed by atoms with Crippen molar-refractivity contribution < 1.29 is 32.2 Å². The maximum atomic E-state index is 13.5. The summed E-state index contributed by atoms with van der Waals surface area (Å²) in [5.74, 6) is -0.374. The van der Waals surface area contributed by atoms with Gasteiger partial charge in [-0.3, -0.25) is 24.1 Å². The van der Waals surface area contributed by atoms with Crippen LogP contribution in [0.4, 0.5) is 18.0 Å². The standard InChI is InChI=1S/C27H24ClF3N4O4S/c28-19-3-2-17(22(9-19)27(29,30)31)11-35-23-4-1-16(7-18(23)10-32-35)8-24-25(36)34(26(37)40-24)13-21-12-33-5-6-38-14-20(33)15-39-21/h1-4,7-10,20-21H,5-6,11-15H2/t20-,21-/m0/s1. The Hall–Kier alpha value is -2.90. The molecule has 4 heterocycles. The molecule has 3 fully saturated rings. The predicted octanol–water partition coefficient (Wildman–Crippen LogP) is 4.89. The fraction of sp³-hybridized carbons (Fsp3) is 0.370. The molecule has 0 spiro atoms. The van der Waals surface area contributed by atoms with Gasteiger partial charge in [-0.2, -0.15) is 18.3 Å². The Labute approximate surface area is 236 Å². The quantitative estimate of drug-likeness (QED) is 0.390. The summed E-state index contributed by atoms with van der Waals surface area (Å²) in [4.78, 5) is 29.6. The summed E-state index contributed by atoms with van der Waals surface area (Å²) in [7, 11) is 0. The van der Waals surface area contributed by atoms with Crippen LogP contribution in [0, 0.1) is 0 Å². The Kier molecular flexibility index (Phi) is 7.38. The van der Waals surface area contributed by atoms with Crippen molar-refractivity contribution in [3.8, 4) is 0 Å². The average molecular weight is 593 g/mol. The molecule has 210 valence electrons. The van der Waals surface area contributed by atoms with Crippen molar-refractivity contribution in [1.29, 1.82) is 0 Å². The zero-order valence-corrected chi connectivity index (χ0v) is 22.6. The number of carbonyl (C=O) groups excluding carboxylic acids is 2. The van der Waals surface area contributed by atoms with Gasteiger partial charge in [0.15, 0.2) is 0 Å². The molecule has 3 saturated heterocycles. The first-order valence-corrected chi connectivity index (χ1v) is 13.8. The van der Waals surface area contributed by atoms with Crippen molar-refractivity contribution in [3.05, 3.63) is 69.2 Å². The Balaban J connectivity index is 1.17. The van der Waals surface area contributed by atoms with Crippen molar-refractivity contribution >= 4 is 51.5 Å². The van der Waals surface area contributed by atoms with Gasteiger partial charge in [0.05, 0.1) is 67.2 Å². The highest BCUT2D eigenvalue weighted by molar-refractivity contribution is 8.18. The molecule has 6 rings (SSSR count). The number of hydrogen-bond donors (Lipinski definition) is 0. The van der Waals surface area contributed by atoms with E-state index in [1.807, 2.05) is 0 Å². The largest absolute Gasteiger partial charge is 0.416 e. The van der Waals surface area contributed by atoms with Crippen LogP contribution in [0.2, 0.25) is 5.02 Å². The average Bonchev–Trinajstić information content (AvgIpc) is 3.44. The van der Waals surface area contributed by atoms with E-state index in [1.165, 1.54) is 21.7 Å². The summed E-state index contributed by atoms with van der Waals surface area (Å²) in [5.41, 5.74) is 0.541. The van der Waals surface area contributed by atoms with Crippen molar-refractivity contribution in [1.82, 2.24) is 19.6 Å². The lowest BCUT2D eigenvalue weighted by Crippen LogP contribution is -2.57. The van der Waals surface area contributed by atoms with Crippen molar-refractivity contribution in [2.75, 3.05) is 39.5 Å². The fourth-order valence-electron chi connectivity index (χ4n) is 5.20. The second-order valence-electron chi connectivity index (χ2n) is 9.89. The molecule has 8 nitrogen and oxygen atoms in total. The highest BCUT2D eigenvalue weighted by Crippen LogP contribution is 2.35. The summed E-state index contributed by atoms with van der Waals surface area (Å²) in [6.45, 7) is 3.30. The normalized spacial score (nSPS) is 23.4. The van der Waals surface area contributed by atoms with Crippen LogP contribution in [0.1, 0.15) is 16.7 Å². The molecule has 2 amide bonds. The number of halogens is 4. The molecule has 13 heteroatoms. The monoisotopic (exact) mass is 592 g/mol. The van der Waals surface area contributed by atoms with Gasteiger partial charge >= 0.3 is 6.18 Å². The molecule has 0 saturated carbocycles. The summed E-state index contributed by atoms with van der Waals surface area (Å²) < 4.78 is 53.5. The van der Waals surface area contributed by atoms with E-state index < -0.39 is 11.7 Å². The second kappa shape index (κ2) is 10.8. The van der Waals surface area contributed by atoms with Crippen LogP contribution in [0.25, 0.3) is 17.0 Å². The summed E-state index contributed by atoms with van der Waals surface area (Å²) in [5, 5.41) is 4.62. The van der Waals surface area contributed by atoms with E-state index in [0.717, 1.165) is 24.4 Å². The highest BCUT2D eigenvalue weighted by atomic mass is 35.5. The van der Waals surface area contributed by atoms with Gasteiger partial charge in [-0.25, -0.2) is 0 Å². The third-order valence-electron chi connectivity index (χ3n) is 7.23. The van der Waals surface area contributed by atoms with E-state index in [1.54, 1.807) is 30.5 Å². The van der Waals surface area contributed by atoms with E-state index in [9.17, 15) is 22.8 Å². The zero-order valence-electron chi connectivity index (χ0n) is 21.1. The van der Waals surface area contributed by atoms with Crippen molar-refractivity contribution in [2.24, 2.45) is 0 Å². The zero-order chi connectivity index (χ0) is 28.0. The van der Waals surface area contributed by atoms with Crippen molar-refractivity contribution in [2.45, 2.75) is 24.9 Å². The number of thioether (sulfide) groups is 1. The molecule has 3 aromatic rings. The summed E-state index contributed by atoms with van der Waals surface area (Å²) in [6.07, 6.45) is -1.61. The number of benzene rings is 2. The molecular formula is C27H24ClF3N4O4S. The molecule has 0 bridgehead atoms. The Morgan fingerprint density at radius 1 is 1.15 bits per heavy atom. The topological polar surface area (TPSA) is 76.9 Å². The number of ether oxygens (including phenoxy) is 2. The minimum absolute atomic E-state index is 0.00691. The minimum atomic E-state index is -4.55. The number of alkyl halides is 3. The maximum absolute atomic E-state index is 13.5. The van der Waals surface area contributed by atoms with Crippen LogP contribution in [-0.2, 0) is 27.0 Å². The molecule has 3 aliphatic heterocycles. The first-order valence-electron chi connectivity index (χ1n) is 12.7. The summed E-state index contributed by atoms with van der Waals surface area (Å²) >= 11 is 6.68. The van der Waals surface area contributed by atoms with Crippen molar-refractivity contribution in [3.63, 3.8) is 0 Å². The van der Waals surface area contributed by atoms with E-state index in [2.05, 4.69) is 10.00 Å². The van der Waals surface area contributed by atoms with Gasteiger partial charge in [0.1, 0.15) is 0 Å². The van der Waals surface area contributed by atoms with E-state index in [4.69, 9.17) is 21.1 Å². The molecule has 2 aromatic carbocycles. The smallest absolute Gasteiger partial charge is 0.378 e. The number of nitrogens with zero attached hydrogens (tertiary/aromatic N) is 4. The predicted molar refractivity (Wildman–Crippen MR) is 144 cm³/mol. The van der Waals surface area contributed by atoms with Gasteiger partial charge < -0.3 is 9.47 Å². The van der Waals surface area contributed by atoms with Crippen LogP contribution < -0.4 is 0 Å². The van der Waals surface area contributed by atoms with Gasteiger partial charge in [-0.15, -0.1) is 0 Å². The van der Waals surface area contributed by atoms with Gasteiger partial charge in [-0.05, 0) is 53.2 Å². The molecule has 40 heavy (non-hydrogen) atoms. The molecule has 2 atom stereocenters. The van der Waals surface area contributed by atoms with Crippen LogP contribution in [-0.4, -0.2) is 82.3 Å². The lowest BCUT2D eigenvalue weighted by molar-refractivity contribution is -0.138. The molecule has 1 aromatic heterocycles. The van der Waals surface area contributed by atoms with Crippen LogP contribution in [0.5, 0.6) is 0 Å². The number of fused-ring (bicyclic) bond motifs is 2. The van der Waals surface area contributed by atoms with Gasteiger partial charge in [0, 0.05) is 23.5 Å². The molecule has 0 aliphatic carbocycles. The second-order valence-corrected chi connectivity index (χ2v) is 11.3. The van der Waals surface area contributed by atoms with E-state index in [-0.39, 0.29) is 47.0 Å². The molecule has 0 radical (unpaired) electrons. The summed E-state index contributed by atoms with van der Waals surface area (Å²) in [6, 6.07) is 9.14. The molecular weight excluding hydrogens is 569 g/mol. The third kappa shape index (κ3) is 5.51. The van der Waals surface area contributed by atoms with Crippen LogP contribution in [0.3, 0.4) is 0 Å². The number of imide groups is 1. The number of rotatable bonds is 5. The lowest BCUT2D eigenvalue weighted by atomic mass is 10.1. The van der Waals surface area contributed by atoms with Crippen LogP contribution in [0.15, 0.2) is 47.5 Å². The third-order valence-corrected chi connectivity index (χ3v) is 8.38. The van der Waals surface area contributed by atoms with Crippen LogP contribution >= 0.6 is 23.4 Å². The molecule has 0 unspecified atom stereocenters. The fourth-order valence-corrected chi connectivity index (χ4v) is 6.22. The van der Waals surface area contributed by atoms with Gasteiger partial charge in [-0.1, -0.05) is 23.7 Å². The SMILES string of the molecule is O=C1SC(=Cc2ccc3c(cnn3Cc3ccc(Cl)cc3C(F)(F)F)c2)C(=O)N1C[C@@H]1CN2CCOC[C@H]2CO1. The number of aromatic nitrogens is 2. The number of amides is 2. The highest BCUT2D eigenvalue weighted by Gasteiger charge is 2.39. The lowest BCUT2D eigenvalue weighted by Gasteiger charge is -2.42. The molecule has 3 aliphatic rings. The number of carbonyl (C=O) groups is 2. The Morgan fingerprint density at radius 3 is 2.83 bits per heavy atom. The Morgan fingerprint density at radius 2 is 2.00 bits per heavy atom. The first kappa shape index (κ1) is 27.3. The van der Waals surface area contributed by atoms with Gasteiger partial charge in [0.25, 0.3) is 11.1 Å². The van der Waals surface area contributed by atoms with E-state index in [0.29, 0.717) is 47.7 Å². The minimum Gasteiger partial charge on any atom is -0.378 e. The van der Waals surface area contributed by atoms with E-state index >= 15 is 0 Å². The number of hydrogen-bond acceptors (Lipinski definition) is 7. The number of morpholine rings is 2. The molecule has 0 N–H and O–H groups in total. The maximum Gasteiger partial charge on any atom is 0.416 e. The van der Waals surface area contributed by atoms with Gasteiger partial charge in [0.2, 0.25) is 0 Å².